The van der Waals surface area contributed by atoms with Crippen LogP contribution in [-0.2, 0) is 14.5 Å². The van der Waals surface area contributed by atoms with E-state index in [4.69, 9.17) is 4.65 Å². The molecule has 1 saturated heterocycles. The molecule has 0 aliphatic carbocycles. The van der Waals surface area contributed by atoms with Gasteiger partial charge in [0.1, 0.15) is 5.75 Å². The molecular weight excluding hydrogens is 431 g/mol. The Morgan fingerprint density at radius 3 is 2.89 bits per heavy atom. The van der Waals surface area contributed by atoms with Crippen LogP contribution >= 0.6 is 15.9 Å². The van der Waals surface area contributed by atoms with Gasteiger partial charge in [0.05, 0.1) is 17.1 Å². The lowest BCUT2D eigenvalue weighted by Gasteiger charge is -2.31. The third kappa shape index (κ3) is 4.50. The van der Waals surface area contributed by atoms with E-state index in [-0.39, 0.29) is 23.9 Å². The summed E-state index contributed by atoms with van der Waals surface area (Å²) in [5.74, 6) is 0.274. The average Bonchev–Trinajstić information content (AvgIpc) is 2.83. The molecule has 2 N–H and O–H groups in total. The molecule has 2 aliphatic rings. The molecule has 0 spiro atoms. The highest BCUT2D eigenvalue weighted by atomic mass is 79.9. The van der Waals surface area contributed by atoms with Gasteiger partial charge in [0.15, 0.2) is 9.84 Å². The third-order valence-electron chi connectivity index (χ3n) is 5.31. The first-order chi connectivity index (χ1) is 12.7. The first-order valence-electron chi connectivity index (χ1n) is 9.14. The number of sulfone groups is 1. The van der Waals surface area contributed by atoms with Crippen LogP contribution in [0.4, 0.5) is 0 Å². The molecule has 8 heteroatoms. The summed E-state index contributed by atoms with van der Waals surface area (Å²) < 4.78 is 31.3. The predicted octanol–water partition coefficient (Wildman–Crippen LogP) is 3.72. The fourth-order valence-corrected chi connectivity index (χ4v) is 6.51. The minimum Gasteiger partial charge on any atom is -0.507 e. The van der Waals surface area contributed by atoms with Crippen LogP contribution in [-0.4, -0.2) is 42.8 Å². The van der Waals surface area contributed by atoms with Crippen LogP contribution in [0.25, 0.3) is 6.08 Å². The normalized spacial score (nSPS) is 25.0. The van der Waals surface area contributed by atoms with Crippen molar-refractivity contribution in [1.82, 2.24) is 0 Å². The van der Waals surface area contributed by atoms with Crippen LogP contribution in [0.3, 0.4) is 0 Å². The van der Waals surface area contributed by atoms with Crippen LogP contribution in [0.2, 0.25) is 6.32 Å². The summed E-state index contributed by atoms with van der Waals surface area (Å²) in [5.41, 5.74) is 3.55. The Morgan fingerprint density at radius 1 is 1.44 bits per heavy atom. The lowest BCUT2D eigenvalue weighted by Crippen LogP contribution is -2.41. The van der Waals surface area contributed by atoms with Crippen LogP contribution < -0.4 is 0 Å². The topological polar surface area (TPSA) is 83.8 Å². The van der Waals surface area contributed by atoms with Gasteiger partial charge in [0.25, 0.3) is 0 Å². The molecule has 1 fully saturated rings. The summed E-state index contributed by atoms with van der Waals surface area (Å²) in [4.78, 5) is 0. The molecule has 27 heavy (non-hydrogen) atoms. The zero-order valence-electron chi connectivity index (χ0n) is 15.5. The van der Waals surface area contributed by atoms with Gasteiger partial charge in [0, 0.05) is 16.4 Å². The molecule has 0 amide bonds. The van der Waals surface area contributed by atoms with E-state index >= 15 is 0 Å². The molecule has 0 saturated carbocycles. The molecule has 1 aromatic carbocycles. The Bertz CT molecular complexity index is 893. The Morgan fingerprint density at radius 2 is 2.19 bits per heavy atom. The van der Waals surface area contributed by atoms with Gasteiger partial charge in [-0.3, -0.25) is 0 Å². The minimum absolute atomic E-state index is 0.0575. The Balaban J connectivity index is 1.79. The maximum Gasteiger partial charge on any atom is 0.456 e. The van der Waals surface area contributed by atoms with E-state index < -0.39 is 22.2 Å². The van der Waals surface area contributed by atoms with E-state index in [1.165, 1.54) is 0 Å². The number of halogens is 1. The molecule has 3 rings (SSSR count). The van der Waals surface area contributed by atoms with Gasteiger partial charge in [0.2, 0.25) is 0 Å². The number of rotatable bonds is 5. The second-order valence-electron chi connectivity index (χ2n) is 7.24. The number of fused-ring (bicyclic) bond motifs is 1. The fourth-order valence-electron chi connectivity index (χ4n) is 3.96. The van der Waals surface area contributed by atoms with Crippen molar-refractivity contribution in [3.63, 3.8) is 0 Å². The molecule has 0 unspecified atom stereocenters. The second kappa shape index (κ2) is 8.11. The lowest BCUT2D eigenvalue weighted by molar-refractivity contribution is 0.170. The summed E-state index contributed by atoms with van der Waals surface area (Å²) in [6, 6.07) is 5.29. The monoisotopic (exact) mass is 454 g/mol. The summed E-state index contributed by atoms with van der Waals surface area (Å²) in [6.07, 6.45) is 3.80. The standard InChI is InChI=1S/C19H24BBrO5S/c1-3-13(8-14-9-15(21)5-6-16(14)22)4-7-17-19-12(2)11-27(24,25)18(19)10-20(23)26-17/h5-6,8-9,17-18,22-23H,3-4,7,10-11H2,1-2H3/b13-8+/t17-,18+/m1/s1. The zero-order valence-corrected chi connectivity index (χ0v) is 17.9. The van der Waals surface area contributed by atoms with Crippen molar-refractivity contribution in [2.75, 3.05) is 5.75 Å². The number of aromatic hydroxyl groups is 1. The minimum atomic E-state index is -3.23. The molecule has 5 nitrogen and oxygen atoms in total. The van der Waals surface area contributed by atoms with Crippen molar-refractivity contribution < 1.29 is 23.2 Å². The number of phenols is 1. The van der Waals surface area contributed by atoms with Gasteiger partial charge in [-0.1, -0.05) is 40.1 Å². The Labute approximate surface area is 169 Å². The maximum atomic E-state index is 12.4. The average molecular weight is 455 g/mol. The summed E-state index contributed by atoms with van der Waals surface area (Å²) in [6.45, 7) is 3.89. The smallest absolute Gasteiger partial charge is 0.456 e. The van der Waals surface area contributed by atoms with Crippen molar-refractivity contribution >= 4 is 39.0 Å². The van der Waals surface area contributed by atoms with Gasteiger partial charge in [-0.05, 0) is 50.0 Å². The molecule has 146 valence electrons. The maximum absolute atomic E-state index is 12.4. The lowest BCUT2D eigenvalue weighted by atomic mass is 9.74. The molecule has 1 aromatic rings. The van der Waals surface area contributed by atoms with Crippen LogP contribution in [0.5, 0.6) is 5.75 Å². The SMILES string of the molecule is CC/C(=C\c1cc(Br)ccc1O)CC[C@H]1OB(O)C[C@H]2C1=C(C)CS2(=O)=O. The van der Waals surface area contributed by atoms with Crippen molar-refractivity contribution in [2.24, 2.45) is 0 Å². The van der Waals surface area contributed by atoms with Gasteiger partial charge in [-0.2, -0.15) is 0 Å². The van der Waals surface area contributed by atoms with Gasteiger partial charge < -0.3 is 14.8 Å². The molecule has 2 atom stereocenters. The highest BCUT2D eigenvalue weighted by Crippen LogP contribution is 2.39. The van der Waals surface area contributed by atoms with Crippen molar-refractivity contribution in [2.45, 2.75) is 50.8 Å². The molecule has 0 bridgehead atoms. The van der Waals surface area contributed by atoms with E-state index in [0.717, 1.165) is 33.2 Å². The van der Waals surface area contributed by atoms with Crippen molar-refractivity contribution in [3.8, 4) is 5.75 Å². The molecule has 0 radical (unpaired) electrons. The highest BCUT2D eigenvalue weighted by molar-refractivity contribution is 9.10. The second-order valence-corrected chi connectivity index (χ2v) is 10.3. The first kappa shape index (κ1) is 20.6. The van der Waals surface area contributed by atoms with Crippen LogP contribution in [0.15, 0.2) is 39.4 Å². The van der Waals surface area contributed by atoms with E-state index in [1.54, 1.807) is 12.1 Å². The summed E-state index contributed by atoms with van der Waals surface area (Å²) >= 11 is 3.41. The van der Waals surface area contributed by atoms with E-state index in [9.17, 15) is 18.5 Å². The van der Waals surface area contributed by atoms with E-state index in [1.807, 2.05) is 26.0 Å². The van der Waals surface area contributed by atoms with E-state index in [2.05, 4.69) is 15.9 Å². The van der Waals surface area contributed by atoms with Crippen molar-refractivity contribution in [3.05, 3.63) is 45.0 Å². The first-order valence-corrected chi connectivity index (χ1v) is 11.6. The summed E-state index contributed by atoms with van der Waals surface area (Å²) in [7, 11) is -4.28. The Kier molecular flexibility index (Phi) is 6.20. The fraction of sp³-hybridized carbons (Fsp3) is 0.474. The van der Waals surface area contributed by atoms with Gasteiger partial charge in [-0.15, -0.1) is 0 Å². The molecular formula is C19H24BBrO5S. The number of hydrogen-bond donors (Lipinski definition) is 2. The van der Waals surface area contributed by atoms with Crippen LogP contribution in [0, 0.1) is 0 Å². The molecule has 2 heterocycles. The van der Waals surface area contributed by atoms with Crippen molar-refractivity contribution in [1.29, 1.82) is 0 Å². The highest BCUT2D eigenvalue weighted by Gasteiger charge is 2.47. The van der Waals surface area contributed by atoms with Gasteiger partial charge in [-0.25, -0.2) is 8.42 Å². The number of hydrogen-bond acceptors (Lipinski definition) is 5. The number of benzene rings is 1. The van der Waals surface area contributed by atoms with Crippen LogP contribution in [0.1, 0.15) is 38.7 Å². The van der Waals surface area contributed by atoms with E-state index in [0.29, 0.717) is 12.8 Å². The predicted molar refractivity (Wildman–Crippen MR) is 111 cm³/mol. The summed E-state index contributed by atoms with van der Waals surface area (Å²) in [5, 5.41) is 19.4. The molecule has 0 aromatic heterocycles. The largest absolute Gasteiger partial charge is 0.507 e. The molecule has 2 aliphatic heterocycles. The zero-order chi connectivity index (χ0) is 19.8. The third-order valence-corrected chi connectivity index (χ3v) is 7.95. The quantitative estimate of drug-likeness (QED) is 0.523. The Hall–Kier alpha value is -1.09. The van der Waals surface area contributed by atoms with Gasteiger partial charge >= 0.3 is 7.12 Å². The number of allylic oxidation sites excluding steroid dienone is 1. The number of phenolic OH excluding ortho intramolecular Hbond substituents is 1.